The standard InChI is InChI=1S/C25H34N8O/c1-15-8-9-17(24(34)28-18-6-4-3-5-7-18)14-33(15)22-13-20(29-25(27-2)30-22)16-10-11-19-21(12-16)31-32-23(19)26/h10-13,15,17-18H,3-9,14H2,1-2H3,(H,28,34)(H3,26,31,32)(H,27,29,30)/t15-,17+/m0/s1. The molecule has 180 valence electrons. The molecule has 2 aromatic heterocycles. The Morgan fingerprint density at radius 1 is 1.12 bits per heavy atom. The van der Waals surface area contributed by atoms with Crippen LogP contribution in [0.15, 0.2) is 24.3 Å². The molecule has 2 atom stereocenters. The van der Waals surface area contributed by atoms with Crippen LogP contribution in [0.25, 0.3) is 22.2 Å². The zero-order valence-electron chi connectivity index (χ0n) is 20.0. The molecule has 1 saturated carbocycles. The number of benzene rings is 1. The summed E-state index contributed by atoms with van der Waals surface area (Å²) in [6.07, 6.45) is 7.78. The Kier molecular flexibility index (Phi) is 6.26. The van der Waals surface area contributed by atoms with Crippen molar-refractivity contribution in [1.29, 1.82) is 0 Å². The molecule has 0 unspecified atom stereocenters. The van der Waals surface area contributed by atoms with E-state index in [1.807, 2.05) is 31.3 Å². The number of nitrogen functional groups attached to an aromatic ring is 1. The summed E-state index contributed by atoms with van der Waals surface area (Å²) < 4.78 is 0. The van der Waals surface area contributed by atoms with Gasteiger partial charge in [0.15, 0.2) is 5.82 Å². The van der Waals surface area contributed by atoms with E-state index >= 15 is 0 Å². The van der Waals surface area contributed by atoms with E-state index in [1.165, 1.54) is 19.3 Å². The first-order valence-corrected chi connectivity index (χ1v) is 12.4. The van der Waals surface area contributed by atoms with Crippen LogP contribution in [0, 0.1) is 5.92 Å². The number of amides is 1. The van der Waals surface area contributed by atoms with E-state index in [0.29, 0.717) is 30.4 Å². The first-order chi connectivity index (χ1) is 16.5. The number of nitrogens with one attached hydrogen (secondary N) is 3. The second-order valence-corrected chi connectivity index (χ2v) is 9.67. The molecule has 5 rings (SSSR count). The highest BCUT2D eigenvalue weighted by molar-refractivity contribution is 5.91. The number of nitrogens with two attached hydrogens (primary N) is 1. The number of hydrogen-bond acceptors (Lipinski definition) is 7. The van der Waals surface area contributed by atoms with E-state index in [9.17, 15) is 4.79 Å². The van der Waals surface area contributed by atoms with E-state index in [-0.39, 0.29) is 11.8 Å². The molecule has 1 saturated heterocycles. The van der Waals surface area contributed by atoms with Crippen molar-refractivity contribution < 1.29 is 4.79 Å². The first kappa shape index (κ1) is 22.4. The van der Waals surface area contributed by atoms with Gasteiger partial charge in [-0.2, -0.15) is 10.1 Å². The normalized spacial score (nSPS) is 21.5. The number of aromatic nitrogens is 4. The number of H-pyrrole nitrogens is 1. The maximum atomic E-state index is 13.1. The summed E-state index contributed by atoms with van der Waals surface area (Å²) in [4.78, 5) is 24.8. The van der Waals surface area contributed by atoms with Crippen molar-refractivity contribution in [1.82, 2.24) is 25.5 Å². The zero-order valence-corrected chi connectivity index (χ0v) is 20.0. The molecule has 1 aliphatic carbocycles. The van der Waals surface area contributed by atoms with Crippen molar-refractivity contribution >= 4 is 34.4 Å². The van der Waals surface area contributed by atoms with Crippen LogP contribution >= 0.6 is 0 Å². The lowest BCUT2D eigenvalue weighted by Gasteiger charge is -2.39. The lowest BCUT2D eigenvalue weighted by atomic mass is 9.90. The number of rotatable bonds is 5. The second kappa shape index (κ2) is 9.48. The number of piperidine rings is 1. The lowest BCUT2D eigenvalue weighted by Crippen LogP contribution is -2.49. The van der Waals surface area contributed by atoms with Gasteiger partial charge in [-0.15, -0.1) is 0 Å². The van der Waals surface area contributed by atoms with Gasteiger partial charge in [0.2, 0.25) is 11.9 Å². The SMILES string of the molecule is CNc1nc(-c2ccc3c(N)n[nH]c3c2)cc(N2C[C@H](C(=O)NC3CCCCC3)CC[C@@H]2C)n1. The summed E-state index contributed by atoms with van der Waals surface area (Å²) in [6, 6.07) is 8.60. The third-order valence-corrected chi connectivity index (χ3v) is 7.32. The Labute approximate surface area is 199 Å². The number of carbonyl (C=O) groups is 1. The maximum Gasteiger partial charge on any atom is 0.225 e. The number of carbonyl (C=O) groups excluding carboxylic acids is 1. The predicted octanol–water partition coefficient (Wildman–Crippen LogP) is 3.70. The van der Waals surface area contributed by atoms with Crippen LogP contribution in [-0.2, 0) is 4.79 Å². The minimum Gasteiger partial charge on any atom is -0.382 e. The van der Waals surface area contributed by atoms with Gasteiger partial charge >= 0.3 is 0 Å². The molecule has 5 N–H and O–H groups in total. The van der Waals surface area contributed by atoms with Crippen LogP contribution in [0.3, 0.4) is 0 Å². The third kappa shape index (κ3) is 4.51. The quantitative estimate of drug-likeness (QED) is 0.456. The molecule has 3 heterocycles. The average molecular weight is 463 g/mol. The summed E-state index contributed by atoms with van der Waals surface area (Å²) >= 11 is 0. The van der Waals surface area contributed by atoms with Gasteiger partial charge in [-0.25, -0.2) is 4.98 Å². The molecule has 2 aliphatic rings. The van der Waals surface area contributed by atoms with Gasteiger partial charge in [-0.3, -0.25) is 9.89 Å². The van der Waals surface area contributed by atoms with Gasteiger partial charge in [0.25, 0.3) is 0 Å². The second-order valence-electron chi connectivity index (χ2n) is 9.67. The number of anilines is 3. The van der Waals surface area contributed by atoms with Crippen molar-refractivity contribution in [3.8, 4) is 11.3 Å². The maximum absolute atomic E-state index is 13.1. The van der Waals surface area contributed by atoms with Gasteiger partial charge < -0.3 is 21.3 Å². The van der Waals surface area contributed by atoms with E-state index in [4.69, 9.17) is 15.7 Å². The Hall–Kier alpha value is -3.36. The fraction of sp³-hybridized carbons (Fsp3) is 0.520. The van der Waals surface area contributed by atoms with Crippen molar-refractivity contribution in [3.05, 3.63) is 24.3 Å². The molecule has 0 bridgehead atoms. The summed E-state index contributed by atoms with van der Waals surface area (Å²) in [7, 11) is 1.82. The average Bonchev–Trinajstić information content (AvgIpc) is 3.24. The van der Waals surface area contributed by atoms with E-state index in [1.54, 1.807) is 0 Å². The zero-order chi connectivity index (χ0) is 23.7. The molecular formula is C25H34N8O. The number of aromatic amines is 1. The Bertz CT molecular complexity index is 1170. The van der Waals surface area contributed by atoms with E-state index < -0.39 is 0 Å². The summed E-state index contributed by atoms with van der Waals surface area (Å²) in [5, 5.41) is 14.4. The molecule has 0 spiro atoms. The minimum absolute atomic E-state index is 0.0288. The molecule has 1 amide bonds. The highest BCUT2D eigenvalue weighted by atomic mass is 16.2. The fourth-order valence-electron chi connectivity index (χ4n) is 5.25. The van der Waals surface area contributed by atoms with Gasteiger partial charge in [0.05, 0.1) is 17.1 Å². The van der Waals surface area contributed by atoms with E-state index in [2.05, 4.69) is 32.7 Å². The van der Waals surface area contributed by atoms with Crippen LogP contribution in [0.1, 0.15) is 51.9 Å². The number of hydrogen-bond donors (Lipinski definition) is 4. The predicted molar refractivity (Wildman–Crippen MR) is 136 cm³/mol. The molecule has 9 heteroatoms. The molecule has 1 aromatic carbocycles. The molecule has 2 fully saturated rings. The molecule has 9 nitrogen and oxygen atoms in total. The highest BCUT2D eigenvalue weighted by Crippen LogP contribution is 2.32. The number of fused-ring (bicyclic) bond motifs is 1. The topological polar surface area (TPSA) is 125 Å². The first-order valence-electron chi connectivity index (χ1n) is 12.4. The highest BCUT2D eigenvalue weighted by Gasteiger charge is 2.32. The number of nitrogens with zero attached hydrogens (tertiary/aromatic N) is 4. The van der Waals surface area contributed by atoms with Crippen molar-refractivity contribution in [2.24, 2.45) is 5.92 Å². The Morgan fingerprint density at radius 2 is 1.94 bits per heavy atom. The van der Waals surface area contributed by atoms with E-state index in [0.717, 1.165) is 53.7 Å². The minimum atomic E-state index is -0.0288. The van der Waals surface area contributed by atoms with Gasteiger partial charge in [0.1, 0.15) is 5.82 Å². The third-order valence-electron chi connectivity index (χ3n) is 7.32. The van der Waals surface area contributed by atoms with Crippen LogP contribution in [-0.4, -0.2) is 51.7 Å². The van der Waals surface area contributed by atoms with Crippen molar-refractivity contribution in [3.63, 3.8) is 0 Å². The van der Waals surface area contributed by atoms with Crippen LogP contribution in [0.2, 0.25) is 0 Å². The van der Waals surface area contributed by atoms with Crippen molar-refractivity contribution in [2.45, 2.75) is 64.0 Å². The Morgan fingerprint density at radius 3 is 2.74 bits per heavy atom. The van der Waals surface area contributed by atoms with Gasteiger partial charge in [0, 0.05) is 42.7 Å². The summed E-state index contributed by atoms with van der Waals surface area (Å²) in [5.74, 6) is 2.03. The van der Waals surface area contributed by atoms with Crippen molar-refractivity contribution in [2.75, 3.05) is 29.5 Å². The van der Waals surface area contributed by atoms with Gasteiger partial charge in [-0.05, 0) is 44.7 Å². The van der Waals surface area contributed by atoms with Crippen LogP contribution in [0.5, 0.6) is 0 Å². The molecule has 0 radical (unpaired) electrons. The summed E-state index contributed by atoms with van der Waals surface area (Å²) in [6.45, 7) is 2.87. The smallest absolute Gasteiger partial charge is 0.225 e. The fourth-order valence-corrected chi connectivity index (χ4v) is 5.25. The molecule has 1 aliphatic heterocycles. The largest absolute Gasteiger partial charge is 0.382 e. The molecule has 3 aromatic rings. The monoisotopic (exact) mass is 462 g/mol. The Balaban J connectivity index is 1.40. The summed E-state index contributed by atoms with van der Waals surface area (Å²) in [5.41, 5.74) is 8.56. The lowest BCUT2D eigenvalue weighted by molar-refractivity contribution is -0.126. The molecule has 34 heavy (non-hydrogen) atoms. The molecular weight excluding hydrogens is 428 g/mol. The van der Waals surface area contributed by atoms with Gasteiger partial charge in [-0.1, -0.05) is 25.3 Å². The van der Waals surface area contributed by atoms with Crippen LogP contribution in [0.4, 0.5) is 17.6 Å². The van der Waals surface area contributed by atoms with Crippen LogP contribution < -0.4 is 21.3 Å².